The lowest BCUT2D eigenvalue weighted by Gasteiger charge is -2.37. The Hall–Kier alpha value is -2.27. The Morgan fingerprint density at radius 3 is 2.79 bits per heavy atom. The van der Waals surface area contributed by atoms with Crippen LogP contribution in [0.5, 0.6) is 0 Å². The minimum atomic E-state index is -0.172. The molecular weight excluding hydrogens is 440 g/mol. The number of hydrogen-bond donors (Lipinski definition) is 4. The number of thiocarbonyl (C=S) groups is 1. The second-order valence-corrected chi connectivity index (χ2v) is 9.26. The van der Waals surface area contributed by atoms with E-state index in [1.807, 2.05) is 30.3 Å². The van der Waals surface area contributed by atoms with E-state index in [1.165, 1.54) is 0 Å². The standard InChI is InChI=1S/C23H34N6O3S/c30-21(26-17-4-2-1-3-5-17)7-6-19-15-25-22(31)20-14-18(16-29(19)20)27-23(33)24-8-9-28-10-12-32-13-11-28/h1-5,18-20H,6-16H2,(H,25,31)(H,26,30)(H2,24,27,33)/t18-,19-,20+/m0/s1. The molecule has 3 saturated heterocycles. The summed E-state index contributed by atoms with van der Waals surface area (Å²) in [5, 5.41) is 13.3. The smallest absolute Gasteiger partial charge is 0.237 e. The molecule has 4 N–H and O–H groups in total. The molecule has 180 valence electrons. The molecule has 0 bridgehead atoms. The summed E-state index contributed by atoms with van der Waals surface area (Å²) in [5.41, 5.74) is 0.803. The van der Waals surface area contributed by atoms with Crippen molar-refractivity contribution in [1.82, 2.24) is 25.8 Å². The summed E-state index contributed by atoms with van der Waals surface area (Å²) in [5.74, 6) is 0.0599. The van der Waals surface area contributed by atoms with Crippen molar-refractivity contribution in [1.29, 1.82) is 0 Å². The van der Waals surface area contributed by atoms with Gasteiger partial charge in [-0.05, 0) is 37.2 Å². The van der Waals surface area contributed by atoms with Gasteiger partial charge in [-0.1, -0.05) is 18.2 Å². The number of carbonyl (C=O) groups excluding carboxylic acids is 2. The molecule has 2 amide bonds. The number of rotatable bonds is 8. The van der Waals surface area contributed by atoms with Crippen LogP contribution < -0.4 is 21.3 Å². The van der Waals surface area contributed by atoms with E-state index in [9.17, 15) is 9.59 Å². The van der Waals surface area contributed by atoms with E-state index in [1.54, 1.807) is 0 Å². The number of amides is 2. The highest BCUT2D eigenvalue weighted by atomic mass is 32.1. The predicted octanol–water partition coefficient (Wildman–Crippen LogP) is 0.143. The third kappa shape index (κ3) is 6.86. The van der Waals surface area contributed by atoms with Crippen molar-refractivity contribution in [3.05, 3.63) is 30.3 Å². The molecule has 3 fully saturated rings. The predicted molar refractivity (Wildman–Crippen MR) is 131 cm³/mol. The van der Waals surface area contributed by atoms with E-state index in [4.69, 9.17) is 17.0 Å². The number of fused-ring (bicyclic) bond motifs is 1. The number of para-hydroxylation sites is 1. The maximum atomic E-state index is 12.5. The number of carbonyl (C=O) groups is 2. The van der Waals surface area contributed by atoms with Crippen molar-refractivity contribution in [2.75, 3.05) is 57.8 Å². The second-order valence-electron chi connectivity index (χ2n) is 8.85. The summed E-state index contributed by atoms with van der Waals surface area (Å²) in [7, 11) is 0. The van der Waals surface area contributed by atoms with Gasteiger partial charge in [0.05, 0.1) is 19.3 Å². The summed E-state index contributed by atoms with van der Waals surface area (Å²) in [6.07, 6.45) is 1.83. The van der Waals surface area contributed by atoms with Crippen molar-refractivity contribution in [3.63, 3.8) is 0 Å². The number of piperazine rings is 1. The van der Waals surface area contributed by atoms with E-state index in [0.717, 1.165) is 51.6 Å². The molecule has 10 heteroatoms. The Bertz CT molecular complexity index is 820. The van der Waals surface area contributed by atoms with E-state index >= 15 is 0 Å². The van der Waals surface area contributed by atoms with E-state index in [0.29, 0.717) is 30.9 Å². The minimum absolute atomic E-state index is 0.00540. The molecule has 3 heterocycles. The van der Waals surface area contributed by atoms with Crippen LogP contribution in [0.3, 0.4) is 0 Å². The summed E-state index contributed by atoms with van der Waals surface area (Å²) < 4.78 is 5.38. The Morgan fingerprint density at radius 1 is 1.21 bits per heavy atom. The van der Waals surface area contributed by atoms with Gasteiger partial charge in [-0.3, -0.25) is 19.4 Å². The Balaban J connectivity index is 1.21. The SMILES string of the molecule is O=C(CC[C@H]1CNC(=O)[C@H]2C[C@H](NC(=S)NCCN3CCOCC3)CN12)Nc1ccccc1. The number of nitrogens with zero attached hydrogens (tertiary/aromatic N) is 2. The molecule has 3 aliphatic heterocycles. The van der Waals surface area contributed by atoms with Crippen LogP contribution in [0.15, 0.2) is 30.3 Å². The van der Waals surface area contributed by atoms with Crippen molar-refractivity contribution in [2.24, 2.45) is 0 Å². The van der Waals surface area contributed by atoms with Gasteiger partial charge in [0.2, 0.25) is 11.8 Å². The fourth-order valence-electron chi connectivity index (χ4n) is 4.78. The lowest BCUT2D eigenvalue weighted by molar-refractivity contribution is -0.129. The average Bonchev–Trinajstić information content (AvgIpc) is 3.24. The molecule has 0 aliphatic carbocycles. The number of ether oxygens (including phenoxy) is 1. The monoisotopic (exact) mass is 474 g/mol. The highest BCUT2D eigenvalue weighted by Crippen LogP contribution is 2.26. The van der Waals surface area contributed by atoms with Crippen LogP contribution in [0.4, 0.5) is 5.69 Å². The molecule has 3 aliphatic rings. The first kappa shape index (κ1) is 23.9. The molecule has 4 rings (SSSR count). The van der Waals surface area contributed by atoms with Crippen LogP contribution >= 0.6 is 12.2 Å². The van der Waals surface area contributed by atoms with Crippen molar-refractivity contribution in [3.8, 4) is 0 Å². The zero-order valence-electron chi connectivity index (χ0n) is 18.9. The largest absolute Gasteiger partial charge is 0.379 e. The summed E-state index contributed by atoms with van der Waals surface area (Å²) in [4.78, 5) is 29.4. The summed E-state index contributed by atoms with van der Waals surface area (Å²) in [6.45, 7) is 6.53. The van der Waals surface area contributed by atoms with Gasteiger partial charge in [0, 0.05) is 63.5 Å². The quantitative estimate of drug-likeness (QED) is 0.395. The number of hydrogen-bond acceptors (Lipinski definition) is 6. The molecule has 1 aromatic carbocycles. The van der Waals surface area contributed by atoms with Gasteiger partial charge in [-0.25, -0.2) is 0 Å². The van der Waals surface area contributed by atoms with Gasteiger partial charge < -0.3 is 26.0 Å². The first-order valence-electron chi connectivity index (χ1n) is 11.8. The third-order valence-corrected chi connectivity index (χ3v) is 6.80. The maximum absolute atomic E-state index is 12.5. The van der Waals surface area contributed by atoms with E-state index < -0.39 is 0 Å². The molecule has 3 atom stereocenters. The van der Waals surface area contributed by atoms with Gasteiger partial charge in [0.15, 0.2) is 5.11 Å². The van der Waals surface area contributed by atoms with Crippen LogP contribution in [-0.4, -0.2) is 97.3 Å². The van der Waals surface area contributed by atoms with E-state index in [-0.39, 0.29) is 29.9 Å². The summed E-state index contributed by atoms with van der Waals surface area (Å²) in [6, 6.07) is 9.56. The maximum Gasteiger partial charge on any atom is 0.237 e. The molecular formula is C23H34N6O3S. The highest BCUT2D eigenvalue weighted by Gasteiger charge is 2.43. The molecule has 0 spiro atoms. The highest BCUT2D eigenvalue weighted by molar-refractivity contribution is 7.80. The summed E-state index contributed by atoms with van der Waals surface area (Å²) >= 11 is 5.49. The van der Waals surface area contributed by atoms with Crippen LogP contribution in [0.25, 0.3) is 0 Å². The number of nitrogens with one attached hydrogen (secondary N) is 4. The van der Waals surface area contributed by atoms with Crippen LogP contribution in [0, 0.1) is 0 Å². The Kier molecular flexibility index (Phi) is 8.49. The second kappa shape index (κ2) is 11.7. The molecule has 0 saturated carbocycles. The van der Waals surface area contributed by atoms with E-state index in [2.05, 4.69) is 31.1 Å². The number of morpholine rings is 1. The zero-order valence-corrected chi connectivity index (χ0v) is 19.7. The number of anilines is 1. The van der Waals surface area contributed by atoms with Crippen LogP contribution in [0.1, 0.15) is 19.3 Å². The third-order valence-electron chi connectivity index (χ3n) is 6.54. The van der Waals surface area contributed by atoms with Gasteiger partial charge in [0.25, 0.3) is 0 Å². The Morgan fingerprint density at radius 2 is 2.00 bits per heavy atom. The molecule has 9 nitrogen and oxygen atoms in total. The topological polar surface area (TPSA) is 98.0 Å². The van der Waals surface area contributed by atoms with Crippen molar-refractivity contribution >= 4 is 34.8 Å². The van der Waals surface area contributed by atoms with Crippen LogP contribution in [-0.2, 0) is 14.3 Å². The zero-order chi connectivity index (χ0) is 23.0. The first-order chi connectivity index (χ1) is 16.1. The molecule has 1 aromatic rings. The lowest BCUT2D eigenvalue weighted by atomic mass is 10.0. The van der Waals surface area contributed by atoms with Crippen LogP contribution in [0.2, 0.25) is 0 Å². The molecule has 0 unspecified atom stereocenters. The first-order valence-corrected chi connectivity index (χ1v) is 12.2. The lowest BCUT2D eigenvalue weighted by Crippen LogP contribution is -2.58. The van der Waals surface area contributed by atoms with Crippen molar-refractivity contribution in [2.45, 2.75) is 37.4 Å². The Labute approximate surface area is 200 Å². The van der Waals surface area contributed by atoms with Crippen molar-refractivity contribution < 1.29 is 14.3 Å². The number of benzene rings is 1. The molecule has 0 radical (unpaired) electrons. The van der Waals surface area contributed by atoms with Gasteiger partial charge in [-0.15, -0.1) is 0 Å². The fourth-order valence-corrected chi connectivity index (χ4v) is 5.05. The molecule has 33 heavy (non-hydrogen) atoms. The normalized spacial score (nSPS) is 25.7. The van der Waals surface area contributed by atoms with Gasteiger partial charge in [-0.2, -0.15) is 0 Å². The molecule has 0 aromatic heterocycles. The fraction of sp³-hybridized carbons (Fsp3) is 0.609. The van der Waals surface area contributed by atoms with Gasteiger partial charge in [0.1, 0.15) is 0 Å². The van der Waals surface area contributed by atoms with Gasteiger partial charge >= 0.3 is 0 Å². The average molecular weight is 475 g/mol. The minimum Gasteiger partial charge on any atom is -0.379 e.